The van der Waals surface area contributed by atoms with Gasteiger partial charge in [-0.3, -0.25) is 0 Å². The van der Waals surface area contributed by atoms with E-state index in [0.29, 0.717) is 5.70 Å². The molecule has 0 saturated carbocycles. The SMILES string of the molecule is N/C=C(\N)c1ccc2c(ccn2CC2CCN(Sc3ccccc3)CC2)c1. The number of rotatable bonds is 5. The van der Waals surface area contributed by atoms with Gasteiger partial charge in [-0.2, -0.15) is 0 Å². The number of nitrogens with zero attached hydrogens (tertiary/aromatic N) is 2. The fourth-order valence-corrected chi connectivity index (χ4v) is 4.70. The van der Waals surface area contributed by atoms with Crippen LogP contribution >= 0.6 is 11.9 Å². The van der Waals surface area contributed by atoms with E-state index in [0.717, 1.165) is 31.1 Å². The van der Waals surface area contributed by atoms with E-state index in [1.54, 1.807) is 0 Å². The molecule has 1 aliphatic heterocycles. The van der Waals surface area contributed by atoms with Crippen molar-refractivity contribution in [3.63, 3.8) is 0 Å². The van der Waals surface area contributed by atoms with Crippen LogP contribution in [0.2, 0.25) is 0 Å². The minimum Gasteiger partial charge on any atom is -0.403 e. The van der Waals surface area contributed by atoms with Crippen LogP contribution in [-0.4, -0.2) is 22.0 Å². The van der Waals surface area contributed by atoms with E-state index in [-0.39, 0.29) is 0 Å². The fourth-order valence-electron chi connectivity index (χ4n) is 3.73. The average Bonchev–Trinajstić information content (AvgIpc) is 3.11. The van der Waals surface area contributed by atoms with Crippen molar-refractivity contribution in [2.45, 2.75) is 24.3 Å². The minimum atomic E-state index is 0.618. The molecule has 0 amide bonds. The van der Waals surface area contributed by atoms with E-state index >= 15 is 0 Å². The molecule has 4 N–H and O–H groups in total. The molecule has 2 heterocycles. The molecule has 0 unspecified atom stereocenters. The van der Waals surface area contributed by atoms with Crippen molar-refractivity contribution in [3.8, 4) is 0 Å². The molecule has 1 fully saturated rings. The number of hydrogen-bond acceptors (Lipinski definition) is 4. The predicted octanol–water partition coefficient (Wildman–Crippen LogP) is 4.28. The first-order chi connectivity index (χ1) is 13.2. The Bertz CT molecular complexity index is 924. The van der Waals surface area contributed by atoms with Crippen molar-refractivity contribution in [1.29, 1.82) is 0 Å². The molecular weight excluding hydrogens is 352 g/mol. The van der Waals surface area contributed by atoms with Crippen molar-refractivity contribution in [1.82, 2.24) is 8.87 Å². The molecule has 2 aromatic carbocycles. The Morgan fingerprint density at radius 3 is 2.59 bits per heavy atom. The maximum absolute atomic E-state index is 5.93. The van der Waals surface area contributed by atoms with Gasteiger partial charge in [0.25, 0.3) is 0 Å². The van der Waals surface area contributed by atoms with Gasteiger partial charge in [0.2, 0.25) is 0 Å². The van der Waals surface area contributed by atoms with Gasteiger partial charge in [-0.05, 0) is 66.6 Å². The molecule has 0 atom stereocenters. The van der Waals surface area contributed by atoms with E-state index in [9.17, 15) is 0 Å². The van der Waals surface area contributed by atoms with E-state index < -0.39 is 0 Å². The van der Waals surface area contributed by atoms with Crippen LogP contribution in [0.25, 0.3) is 16.6 Å². The van der Waals surface area contributed by atoms with Crippen molar-refractivity contribution in [2.75, 3.05) is 13.1 Å². The maximum Gasteiger partial charge on any atom is 0.0545 e. The van der Waals surface area contributed by atoms with Crippen LogP contribution in [0.1, 0.15) is 18.4 Å². The molecule has 4 rings (SSSR count). The Labute approximate surface area is 165 Å². The standard InChI is InChI=1S/C22H26N4S/c23-15-21(24)18-6-7-22-19(14-18)10-11-25(22)16-17-8-12-26(13-9-17)27-20-4-2-1-3-5-20/h1-7,10-11,14-15,17H,8-9,12-13,16,23-24H2/b21-15-. The summed E-state index contributed by atoms with van der Waals surface area (Å²) < 4.78 is 4.87. The number of aromatic nitrogens is 1. The average molecular weight is 379 g/mol. The second kappa shape index (κ2) is 8.11. The highest BCUT2D eigenvalue weighted by Crippen LogP contribution is 2.30. The summed E-state index contributed by atoms with van der Waals surface area (Å²) in [5, 5.41) is 1.22. The summed E-state index contributed by atoms with van der Waals surface area (Å²) in [6.07, 6.45) is 6.13. The Kier molecular flexibility index (Phi) is 5.41. The summed E-state index contributed by atoms with van der Waals surface area (Å²) in [7, 11) is 0. The third kappa shape index (κ3) is 4.15. The van der Waals surface area contributed by atoms with Gasteiger partial charge in [0.15, 0.2) is 0 Å². The van der Waals surface area contributed by atoms with Gasteiger partial charge in [0, 0.05) is 47.8 Å². The highest BCUT2D eigenvalue weighted by atomic mass is 32.2. The second-order valence-corrected chi connectivity index (χ2v) is 8.31. The number of fused-ring (bicyclic) bond motifs is 1. The predicted molar refractivity (Wildman–Crippen MR) is 115 cm³/mol. The molecule has 3 aromatic rings. The Morgan fingerprint density at radius 2 is 1.85 bits per heavy atom. The smallest absolute Gasteiger partial charge is 0.0545 e. The molecule has 0 radical (unpaired) electrons. The second-order valence-electron chi connectivity index (χ2n) is 7.14. The quantitative estimate of drug-likeness (QED) is 0.651. The molecule has 1 aromatic heterocycles. The van der Waals surface area contributed by atoms with Crippen molar-refractivity contribution < 1.29 is 0 Å². The third-order valence-electron chi connectivity index (χ3n) is 5.29. The van der Waals surface area contributed by atoms with Gasteiger partial charge in [0.1, 0.15) is 0 Å². The van der Waals surface area contributed by atoms with E-state index in [2.05, 4.69) is 69.7 Å². The normalized spacial score (nSPS) is 16.8. The van der Waals surface area contributed by atoms with Gasteiger partial charge in [-0.25, -0.2) is 4.31 Å². The lowest BCUT2D eigenvalue weighted by atomic mass is 9.98. The topological polar surface area (TPSA) is 60.2 Å². The number of hydrogen-bond donors (Lipinski definition) is 2. The van der Waals surface area contributed by atoms with Gasteiger partial charge in [-0.1, -0.05) is 24.3 Å². The van der Waals surface area contributed by atoms with Crippen molar-refractivity contribution in [2.24, 2.45) is 17.4 Å². The van der Waals surface area contributed by atoms with E-state index in [1.807, 2.05) is 11.9 Å². The lowest BCUT2D eigenvalue weighted by Gasteiger charge is -2.31. The molecule has 1 saturated heterocycles. The van der Waals surface area contributed by atoms with Crippen molar-refractivity contribution in [3.05, 3.63) is 72.6 Å². The first-order valence-corrected chi connectivity index (χ1v) is 10.2. The van der Waals surface area contributed by atoms with Gasteiger partial charge < -0.3 is 16.0 Å². The van der Waals surface area contributed by atoms with Crippen LogP contribution in [0.4, 0.5) is 0 Å². The summed E-state index contributed by atoms with van der Waals surface area (Å²) >= 11 is 1.88. The third-order valence-corrected chi connectivity index (χ3v) is 6.40. The molecule has 0 spiro atoms. The Morgan fingerprint density at radius 1 is 1.07 bits per heavy atom. The molecule has 140 valence electrons. The molecule has 0 bridgehead atoms. The minimum absolute atomic E-state index is 0.618. The summed E-state index contributed by atoms with van der Waals surface area (Å²) in [4.78, 5) is 1.33. The zero-order valence-electron chi connectivity index (χ0n) is 15.4. The zero-order valence-corrected chi connectivity index (χ0v) is 16.2. The van der Waals surface area contributed by atoms with Crippen LogP contribution in [0, 0.1) is 5.92 Å². The Balaban J connectivity index is 1.37. The van der Waals surface area contributed by atoms with Crippen LogP contribution in [0.3, 0.4) is 0 Å². The molecule has 4 nitrogen and oxygen atoms in total. The van der Waals surface area contributed by atoms with Crippen LogP contribution in [0.5, 0.6) is 0 Å². The van der Waals surface area contributed by atoms with Crippen LogP contribution in [0.15, 0.2) is 71.9 Å². The van der Waals surface area contributed by atoms with E-state index in [1.165, 1.54) is 34.8 Å². The largest absolute Gasteiger partial charge is 0.403 e. The fraction of sp³-hybridized carbons (Fsp3) is 0.273. The number of piperidine rings is 1. The van der Waals surface area contributed by atoms with E-state index in [4.69, 9.17) is 11.5 Å². The molecule has 1 aliphatic rings. The monoisotopic (exact) mass is 378 g/mol. The highest BCUT2D eigenvalue weighted by molar-refractivity contribution is 7.97. The first kappa shape index (κ1) is 18.0. The number of nitrogens with two attached hydrogens (primary N) is 2. The molecule has 5 heteroatoms. The molecule has 0 aliphatic carbocycles. The maximum atomic E-state index is 5.93. The van der Waals surface area contributed by atoms with Crippen LogP contribution < -0.4 is 11.5 Å². The lowest BCUT2D eigenvalue weighted by molar-refractivity contribution is 0.269. The number of benzene rings is 2. The highest BCUT2D eigenvalue weighted by Gasteiger charge is 2.20. The van der Waals surface area contributed by atoms with Crippen LogP contribution in [-0.2, 0) is 6.54 Å². The summed E-state index contributed by atoms with van der Waals surface area (Å²) in [5.74, 6) is 0.724. The molecule has 27 heavy (non-hydrogen) atoms. The zero-order chi connectivity index (χ0) is 18.6. The Hall–Kier alpha value is -2.37. The molecular formula is C22H26N4S. The van der Waals surface area contributed by atoms with Crippen molar-refractivity contribution >= 4 is 28.5 Å². The summed E-state index contributed by atoms with van der Waals surface area (Å²) in [6.45, 7) is 3.37. The summed E-state index contributed by atoms with van der Waals surface area (Å²) in [6, 6.07) is 19.1. The van der Waals surface area contributed by atoms with Gasteiger partial charge >= 0.3 is 0 Å². The van der Waals surface area contributed by atoms with Gasteiger partial charge in [-0.15, -0.1) is 0 Å². The summed E-state index contributed by atoms with van der Waals surface area (Å²) in [5.41, 5.74) is 14.3. The first-order valence-electron chi connectivity index (χ1n) is 9.47. The van der Waals surface area contributed by atoms with Gasteiger partial charge in [0.05, 0.1) is 5.70 Å². The lowest BCUT2D eigenvalue weighted by Crippen LogP contribution is -2.30.